The van der Waals surface area contributed by atoms with Gasteiger partial charge in [-0.15, -0.1) is 11.3 Å². The van der Waals surface area contributed by atoms with E-state index in [-0.39, 0.29) is 17.9 Å². The summed E-state index contributed by atoms with van der Waals surface area (Å²) in [5.74, 6) is -0.217. The first-order valence-electron chi connectivity index (χ1n) is 8.12. The number of hydrogen-bond donors (Lipinski definition) is 3. The largest absolute Gasteiger partial charge is 0.369 e. The van der Waals surface area contributed by atoms with Crippen LogP contribution in [-0.4, -0.2) is 43.0 Å². The lowest BCUT2D eigenvalue weighted by Crippen LogP contribution is -2.42. The van der Waals surface area contributed by atoms with Gasteiger partial charge in [-0.3, -0.25) is 4.79 Å². The number of carbonyl (C=O) groups excluding carboxylic acids is 2. The minimum Gasteiger partial charge on any atom is -0.369 e. The number of urea groups is 1. The zero-order valence-electron chi connectivity index (χ0n) is 13.6. The van der Waals surface area contributed by atoms with E-state index in [2.05, 4.69) is 21.6 Å². The highest BCUT2D eigenvalue weighted by atomic mass is 32.1. The first kappa shape index (κ1) is 17.7. The number of likely N-dealkylation sites (tertiary alicyclic amines) is 1. The Morgan fingerprint density at radius 2 is 2.26 bits per heavy atom. The van der Waals surface area contributed by atoms with Crippen LogP contribution in [0.2, 0.25) is 0 Å². The molecule has 0 saturated carbocycles. The molecule has 1 aliphatic heterocycles. The molecule has 7 heteroatoms. The summed E-state index contributed by atoms with van der Waals surface area (Å²) in [6.07, 6.45) is 2.78. The van der Waals surface area contributed by atoms with Gasteiger partial charge in [0.2, 0.25) is 5.91 Å². The van der Waals surface area contributed by atoms with Crippen LogP contribution >= 0.6 is 11.3 Å². The van der Waals surface area contributed by atoms with E-state index >= 15 is 0 Å². The third-order valence-electron chi connectivity index (χ3n) is 4.22. The molecule has 1 saturated heterocycles. The maximum Gasteiger partial charge on any atom is 0.315 e. The van der Waals surface area contributed by atoms with Gasteiger partial charge >= 0.3 is 6.03 Å². The molecule has 6 nitrogen and oxygen atoms in total. The quantitative estimate of drug-likeness (QED) is 0.658. The van der Waals surface area contributed by atoms with E-state index in [0.717, 1.165) is 38.9 Å². The van der Waals surface area contributed by atoms with Crippen LogP contribution < -0.4 is 16.4 Å². The summed E-state index contributed by atoms with van der Waals surface area (Å²) in [6, 6.07) is 1.92. The lowest BCUT2D eigenvalue weighted by molar-refractivity contribution is -0.123. The summed E-state index contributed by atoms with van der Waals surface area (Å²) in [7, 11) is 0. The third kappa shape index (κ3) is 5.84. The molecule has 2 rings (SSSR count). The van der Waals surface area contributed by atoms with E-state index in [1.165, 1.54) is 10.4 Å². The number of nitrogens with one attached hydrogen (secondary N) is 2. The van der Waals surface area contributed by atoms with Crippen LogP contribution in [0.1, 0.15) is 29.7 Å². The average Bonchev–Trinajstić information content (AvgIpc) is 2.95. The number of carbonyl (C=O) groups is 2. The maximum atomic E-state index is 11.7. The number of nitrogens with zero attached hydrogens (tertiary/aromatic N) is 1. The minimum absolute atomic E-state index is 0.0194. The van der Waals surface area contributed by atoms with Crippen molar-refractivity contribution in [1.29, 1.82) is 0 Å². The topological polar surface area (TPSA) is 87.5 Å². The minimum atomic E-state index is -0.198. The molecule has 0 aromatic carbocycles. The van der Waals surface area contributed by atoms with Gasteiger partial charge in [-0.25, -0.2) is 4.79 Å². The fourth-order valence-corrected chi connectivity index (χ4v) is 3.65. The highest BCUT2D eigenvalue weighted by Gasteiger charge is 2.23. The molecule has 1 fully saturated rings. The summed E-state index contributed by atoms with van der Waals surface area (Å²) >= 11 is 1.65. The Balaban J connectivity index is 1.57. The molecule has 2 heterocycles. The molecule has 0 bridgehead atoms. The first-order valence-corrected chi connectivity index (χ1v) is 9.00. The molecule has 3 amide bonds. The fraction of sp³-hybridized carbons (Fsp3) is 0.625. The number of hydrogen-bond acceptors (Lipinski definition) is 4. The Kier molecular flexibility index (Phi) is 6.85. The number of thiophene rings is 1. The Morgan fingerprint density at radius 1 is 1.43 bits per heavy atom. The van der Waals surface area contributed by atoms with Crippen LogP contribution in [0.4, 0.5) is 4.79 Å². The van der Waals surface area contributed by atoms with Crippen LogP contribution in [0.25, 0.3) is 0 Å². The molecule has 0 aliphatic carbocycles. The SMILES string of the molecule is Cc1ccsc1CNC(=O)NCCCN1CCCC(C(N)=O)C1. The van der Waals surface area contributed by atoms with Crippen molar-refractivity contribution in [3.05, 3.63) is 21.9 Å². The average molecular weight is 338 g/mol. The van der Waals surface area contributed by atoms with Crippen molar-refractivity contribution < 1.29 is 9.59 Å². The number of amides is 3. The second-order valence-electron chi connectivity index (χ2n) is 6.03. The Hall–Kier alpha value is -1.60. The zero-order chi connectivity index (χ0) is 16.7. The Morgan fingerprint density at radius 3 is 2.96 bits per heavy atom. The highest BCUT2D eigenvalue weighted by Crippen LogP contribution is 2.16. The van der Waals surface area contributed by atoms with E-state index in [9.17, 15) is 9.59 Å². The van der Waals surface area contributed by atoms with Crippen molar-refractivity contribution in [2.75, 3.05) is 26.2 Å². The zero-order valence-corrected chi connectivity index (χ0v) is 14.5. The monoisotopic (exact) mass is 338 g/mol. The number of aryl methyl sites for hydroxylation is 1. The molecule has 1 unspecified atom stereocenters. The van der Waals surface area contributed by atoms with Gasteiger partial charge in [-0.2, -0.15) is 0 Å². The summed E-state index contributed by atoms with van der Waals surface area (Å²) in [6.45, 7) is 5.89. The van der Waals surface area contributed by atoms with Gasteiger partial charge < -0.3 is 21.3 Å². The van der Waals surface area contributed by atoms with Gasteiger partial charge in [0.05, 0.1) is 12.5 Å². The van der Waals surface area contributed by atoms with Crippen LogP contribution in [0.15, 0.2) is 11.4 Å². The smallest absolute Gasteiger partial charge is 0.315 e. The van der Waals surface area contributed by atoms with Crippen molar-refractivity contribution >= 4 is 23.3 Å². The van der Waals surface area contributed by atoms with Crippen LogP contribution in [0.3, 0.4) is 0 Å². The third-order valence-corrected chi connectivity index (χ3v) is 5.25. The lowest BCUT2D eigenvalue weighted by atomic mass is 9.97. The van der Waals surface area contributed by atoms with E-state index in [1.807, 2.05) is 12.3 Å². The summed E-state index contributed by atoms with van der Waals surface area (Å²) in [4.78, 5) is 26.4. The van der Waals surface area contributed by atoms with Crippen LogP contribution in [-0.2, 0) is 11.3 Å². The number of primary amides is 1. The van der Waals surface area contributed by atoms with Crippen molar-refractivity contribution in [2.24, 2.45) is 11.7 Å². The van der Waals surface area contributed by atoms with Crippen LogP contribution in [0, 0.1) is 12.8 Å². The number of nitrogens with two attached hydrogens (primary N) is 1. The summed E-state index contributed by atoms with van der Waals surface area (Å²) in [5.41, 5.74) is 6.59. The van der Waals surface area contributed by atoms with Gasteiger partial charge in [-0.05, 0) is 56.3 Å². The molecule has 1 atom stereocenters. The Bertz CT molecular complexity index is 532. The number of piperidine rings is 1. The normalized spacial score (nSPS) is 18.6. The molecular formula is C16H26N4O2S. The molecule has 1 aromatic heterocycles. The van der Waals surface area contributed by atoms with Crippen LogP contribution in [0.5, 0.6) is 0 Å². The van der Waals surface area contributed by atoms with E-state index in [0.29, 0.717) is 13.1 Å². The van der Waals surface area contributed by atoms with Crippen molar-refractivity contribution in [1.82, 2.24) is 15.5 Å². The second-order valence-corrected chi connectivity index (χ2v) is 7.03. The van der Waals surface area contributed by atoms with Gasteiger partial charge in [0.25, 0.3) is 0 Å². The molecular weight excluding hydrogens is 312 g/mol. The maximum absolute atomic E-state index is 11.7. The van der Waals surface area contributed by atoms with Crippen molar-refractivity contribution in [3.8, 4) is 0 Å². The molecule has 0 radical (unpaired) electrons. The lowest BCUT2D eigenvalue weighted by Gasteiger charge is -2.31. The van der Waals surface area contributed by atoms with Gasteiger partial charge in [-0.1, -0.05) is 0 Å². The van der Waals surface area contributed by atoms with Gasteiger partial charge in [0.15, 0.2) is 0 Å². The molecule has 1 aliphatic rings. The van der Waals surface area contributed by atoms with Crippen molar-refractivity contribution in [2.45, 2.75) is 32.7 Å². The molecule has 0 spiro atoms. The predicted octanol–water partition coefficient (Wildman–Crippen LogP) is 1.44. The van der Waals surface area contributed by atoms with E-state index < -0.39 is 0 Å². The van der Waals surface area contributed by atoms with E-state index in [1.54, 1.807) is 11.3 Å². The second kappa shape index (κ2) is 8.88. The van der Waals surface area contributed by atoms with Gasteiger partial charge in [0.1, 0.15) is 0 Å². The standard InChI is InChI=1S/C16H26N4O2S/c1-12-5-9-23-14(12)10-19-16(22)18-6-3-8-20-7-2-4-13(11-20)15(17)21/h5,9,13H,2-4,6-8,10-11H2,1H3,(H2,17,21)(H2,18,19,22). The Labute approximate surface area is 141 Å². The molecule has 23 heavy (non-hydrogen) atoms. The summed E-state index contributed by atoms with van der Waals surface area (Å²) in [5, 5.41) is 7.78. The van der Waals surface area contributed by atoms with E-state index in [4.69, 9.17) is 5.73 Å². The molecule has 128 valence electrons. The predicted molar refractivity (Wildman–Crippen MR) is 92.3 cm³/mol. The molecule has 1 aromatic rings. The highest BCUT2D eigenvalue weighted by molar-refractivity contribution is 7.10. The molecule has 4 N–H and O–H groups in total. The first-order chi connectivity index (χ1) is 11.1. The number of rotatable bonds is 7. The van der Waals surface area contributed by atoms with Gasteiger partial charge in [0, 0.05) is 18.0 Å². The van der Waals surface area contributed by atoms with Crippen molar-refractivity contribution in [3.63, 3.8) is 0 Å². The summed E-state index contributed by atoms with van der Waals surface area (Å²) < 4.78 is 0. The fourth-order valence-electron chi connectivity index (χ4n) is 2.80.